The molecule has 0 bridgehead atoms. The number of aromatic amines is 2. The molecule has 2 aromatic heterocycles. The van der Waals surface area contributed by atoms with Crippen LogP contribution in [0.3, 0.4) is 0 Å². The molecule has 3 saturated heterocycles. The summed E-state index contributed by atoms with van der Waals surface area (Å²) in [6.07, 6.45) is 2.22. The van der Waals surface area contributed by atoms with E-state index in [2.05, 4.69) is 63.1 Å². The Bertz CT molecular complexity index is 5230. The minimum absolute atomic E-state index is 0.00187. The average molecular weight is 1920 g/mol. The molecule has 0 spiro atoms. The highest BCUT2D eigenvalue weighted by Gasteiger charge is 2.46. The number of benzene rings is 4. The number of hydrogen-bond donors (Lipinski definition) is 15. The Kier molecular flexibility index (Phi) is 40.8. The van der Waals surface area contributed by atoms with Gasteiger partial charge in [0.2, 0.25) is 94.5 Å². The summed E-state index contributed by atoms with van der Waals surface area (Å²) in [5.74, 6) is -16.2. The molecule has 9 rings (SSSR count). The number of nitrogens with one attached hydrogen (secondary N) is 12. The minimum atomic E-state index is -1.73. The van der Waals surface area contributed by atoms with Crippen LogP contribution in [0.1, 0.15) is 169 Å². The number of aromatic hydroxyl groups is 1. The van der Waals surface area contributed by atoms with Crippen LogP contribution in [0.5, 0.6) is 11.5 Å². The summed E-state index contributed by atoms with van der Waals surface area (Å²) >= 11 is 0.826. The number of H-pyrrole nitrogens is 2. The van der Waals surface area contributed by atoms with Crippen molar-refractivity contribution in [2.75, 3.05) is 65.4 Å². The molecule has 744 valence electrons. The van der Waals surface area contributed by atoms with E-state index >= 15 is 33.6 Å². The van der Waals surface area contributed by atoms with E-state index in [4.69, 9.17) is 10.5 Å². The fraction of sp³-hybridized carbons (Fsp3) is 0.541. The first-order valence-electron chi connectivity index (χ1n) is 47.3. The summed E-state index contributed by atoms with van der Waals surface area (Å²) in [5, 5.41) is 50.4. The summed E-state index contributed by atoms with van der Waals surface area (Å²) in [5.41, 5.74) is 8.78. The topological polar surface area (TPSA) is 534 Å². The highest BCUT2D eigenvalue weighted by Crippen LogP contribution is 2.30. The summed E-state index contributed by atoms with van der Waals surface area (Å²) < 4.78 is 5.82. The van der Waals surface area contributed by atoms with Gasteiger partial charge in [-0.25, -0.2) is 0 Å². The molecule has 0 radical (unpaired) electrons. The number of ether oxygens (including phenoxy) is 1. The monoisotopic (exact) mass is 1920 g/mol. The number of carbonyl (C=O) groups is 17. The van der Waals surface area contributed by atoms with Crippen LogP contribution in [-0.4, -0.2) is 295 Å². The lowest BCUT2D eigenvalue weighted by molar-refractivity contribution is -0.149. The lowest BCUT2D eigenvalue weighted by atomic mass is 9.90. The van der Waals surface area contributed by atoms with Gasteiger partial charge in [0.05, 0.1) is 43.5 Å². The van der Waals surface area contributed by atoms with Gasteiger partial charge in [0.25, 0.3) is 0 Å². The Labute approximate surface area is 802 Å². The first-order chi connectivity index (χ1) is 65.3. The number of hydrogen-bond acceptors (Lipinski definition) is 21. The van der Waals surface area contributed by atoms with Gasteiger partial charge in [-0.1, -0.05) is 141 Å². The first-order valence-corrected chi connectivity index (χ1v) is 48.4. The zero-order chi connectivity index (χ0) is 100. The molecule has 3 fully saturated rings. The molecular formula is C98H136N18O20S. The molecule has 2 unspecified atom stereocenters. The van der Waals surface area contributed by atoms with Crippen LogP contribution in [0.15, 0.2) is 116 Å². The van der Waals surface area contributed by atoms with Gasteiger partial charge in [-0.05, 0) is 130 Å². The zero-order valence-corrected chi connectivity index (χ0v) is 81.0. The number of Topliss-reactive ketones (excluding diaryl/α,β-unsaturated/α-hetero) is 1. The number of phenols is 1. The fourth-order valence-electron chi connectivity index (χ4n) is 17.4. The lowest BCUT2D eigenvalue weighted by Crippen LogP contribution is -2.60. The van der Waals surface area contributed by atoms with E-state index in [1.54, 1.807) is 90.3 Å². The number of para-hydroxylation sites is 3. The Hall–Kier alpha value is -12.9. The third-order valence-electron chi connectivity index (χ3n) is 25.0. The van der Waals surface area contributed by atoms with E-state index in [9.17, 15) is 58.2 Å². The number of amides is 16. The molecule has 0 aliphatic carbocycles. The van der Waals surface area contributed by atoms with E-state index < -0.39 is 223 Å². The number of carbonyl (C=O) groups excluding carboxylic acids is 17. The van der Waals surface area contributed by atoms with Crippen molar-refractivity contribution in [3.63, 3.8) is 0 Å². The third kappa shape index (κ3) is 30.8. The number of likely N-dealkylation sites (N-methyl/N-ethyl adjacent to an activating group) is 3. The number of thioether (sulfide) groups is 1. The van der Waals surface area contributed by atoms with Crippen LogP contribution < -0.4 is 63.6 Å². The maximum absolute atomic E-state index is 15.7. The van der Waals surface area contributed by atoms with Crippen molar-refractivity contribution < 1.29 is 96.5 Å². The molecule has 6 aromatic rings. The highest BCUT2D eigenvalue weighted by molar-refractivity contribution is 8.00. The van der Waals surface area contributed by atoms with Gasteiger partial charge in [0.1, 0.15) is 84.6 Å². The van der Waals surface area contributed by atoms with Crippen molar-refractivity contribution >= 4 is 134 Å². The number of primary amides is 1. The van der Waals surface area contributed by atoms with Gasteiger partial charge in [-0.2, -0.15) is 0 Å². The predicted octanol–water partition coefficient (Wildman–Crippen LogP) is 3.13. The summed E-state index contributed by atoms with van der Waals surface area (Å²) in [6, 6.07) is 11.4. The van der Waals surface area contributed by atoms with Gasteiger partial charge < -0.3 is 108 Å². The molecular weight excluding hydrogens is 1780 g/mol. The fourth-order valence-corrected chi connectivity index (χ4v) is 18.3. The molecule has 38 nitrogen and oxygen atoms in total. The molecule has 16 amide bonds. The number of aliphatic hydroxyl groups excluding tert-OH is 1. The molecule has 4 aromatic carbocycles. The molecule has 15 atom stereocenters. The van der Waals surface area contributed by atoms with Crippen molar-refractivity contribution in [1.29, 1.82) is 0 Å². The molecule has 39 heteroatoms. The van der Waals surface area contributed by atoms with Crippen molar-refractivity contribution in [2.45, 2.75) is 256 Å². The number of fused-ring (bicyclic) bond motifs is 4. The van der Waals surface area contributed by atoms with E-state index in [0.29, 0.717) is 64.5 Å². The summed E-state index contributed by atoms with van der Waals surface area (Å²) in [4.78, 5) is 263. The van der Waals surface area contributed by atoms with Gasteiger partial charge in [0.15, 0.2) is 5.78 Å². The molecule has 3 aliphatic heterocycles. The quantitative estimate of drug-likeness (QED) is 0.0371. The Morgan fingerprint density at radius 3 is 1.74 bits per heavy atom. The minimum Gasteiger partial charge on any atom is -0.508 e. The van der Waals surface area contributed by atoms with Gasteiger partial charge in [-0.15, -0.1) is 11.8 Å². The number of ketones is 1. The van der Waals surface area contributed by atoms with E-state index in [1.165, 1.54) is 67.0 Å². The van der Waals surface area contributed by atoms with Crippen LogP contribution in [0.2, 0.25) is 0 Å². The van der Waals surface area contributed by atoms with Crippen molar-refractivity contribution in [3.8, 4) is 11.5 Å². The van der Waals surface area contributed by atoms with E-state index in [0.717, 1.165) is 26.9 Å². The second-order valence-corrected chi connectivity index (χ2v) is 37.7. The van der Waals surface area contributed by atoms with Crippen molar-refractivity contribution in [3.05, 3.63) is 132 Å². The van der Waals surface area contributed by atoms with Crippen LogP contribution >= 0.6 is 11.8 Å². The lowest BCUT2D eigenvalue weighted by Gasteiger charge is -2.36. The van der Waals surface area contributed by atoms with Gasteiger partial charge in [-0.3, -0.25) is 81.5 Å². The summed E-state index contributed by atoms with van der Waals surface area (Å²) in [6.45, 7) is 13.8. The second-order valence-electron chi connectivity index (χ2n) is 36.7. The molecule has 137 heavy (non-hydrogen) atoms. The third-order valence-corrected chi connectivity index (χ3v) is 26.1. The molecule has 3 aliphatic rings. The Balaban J connectivity index is 1.07. The SMILES string of the molecule is CCCC[C@H]1C(=O)N(C)[C@@H](CCCC)C(=O)N[C@@H](CC(C)C)C(=O)N[C@H](C(=O)NCC(=O)NC(C)COc2ccccc2)CSCC(=O)N[C@@H](Cc2ccc(O)cc2)C(=O)N(C)[C@@H](C)C(=O)N[C@@H](CC(N)=O)C(=O)N2CCC[C@H]2C(=O)N[C@@H](CC)C(=O)N[C@@H](CC(C)C)C(=O)N2C[C@H](O)C[C@H]2C(=O)C[C@@H](Cc2c[nH]c3ccccc23)C(=O)NCC(=O)NC(Cc2c[nH]c3ccccc23)C(=O)N1C. The number of aromatic nitrogens is 2. The van der Waals surface area contributed by atoms with Gasteiger partial charge in [0, 0.05) is 106 Å². The first kappa shape index (κ1) is 108. The van der Waals surface area contributed by atoms with Crippen LogP contribution in [0.4, 0.5) is 0 Å². The van der Waals surface area contributed by atoms with Crippen molar-refractivity contribution in [2.24, 2.45) is 23.5 Å². The van der Waals surface area contributed by atoms with Crippen LogP contribution in [-0.2, 0) is 101 Å². The smallest absolute Gasteiger partial charge is 0.246 e. The number of phenolic OH excluding ortho intramolecular Hbond substituents is 1. The number of nitrogens with two attached hydrogens (primary N) is 1. The highest BCUT2D eigenvalue weighted by atomic mass is 32.2. The normalized spacial score (nSPS) is 24.4. The molecule has 5 heterocycles. The second kappa shape index (κ2) is 51.8. The number of aliphatic hydroxyl groups is 1. The van der Waals surface area contributed by atoms with Gasteiger partial charge >= 0.3 is 0 Å². The van der Waals surface area contributed by atoms with E-state index in [1.807, 2.05) is 56.3 Å². The number of rotatable bonds is 26. The number of nitrogens with zero attached hydrogens (tertiary/aromatic N) is 5. The number of unbranched alkanes of at least 4 members (excludes halogenated alkanes) is 2. The standard InChI is InChI=1S/C98H136N18O20S/c1-13-16-32-78-92(129)108-72(40-56(4)5)91(128)111-77(89(126)103-50-84(121)104-58(8)53-136-66-26-19-18-20-27-66)54-137-55-86(123)106-74(42-60-35-37-64(117)38-36-60)94(131)112(10)59(9)87(124)109-76(47-83(99)120)96(133)115-39-25-34-79(115)93(130)107-69(15-3)90(127)110-73(41-57(6)7)97(134)116-52-65(118)46-81(116)82(119)45-61(43-62-48-100-70-30-23-21-28-67(62)70)88(125)102-51-85(122)105-75(44-63-49-101-71-31-24-22-29-68(63)71)95(132)114(12)80(33-17-14-2)98(135)113(78)11/h18-24,26-31,35-38,48-49,56-59,61,65,69,72-81,100-101,117-118H,13-17,25,32-34,39-47,50-55H2,1-12H3,(H2,99,120)(H,102,125)(H,103,126)(H,104,121)(H,105,122)(H,106,123)(H,107,130)(H,108,129)(H,109,124)(H,110,127)(H,111,128)/t58?,59-,61+,65+,69-,72-,73-,74-,75?,76-,77-,78-,79-,80-,81-/m0/s1. The summed E-state index contributed by atoms with van der Waals surface area (Å²) in [7, 11) is 4.08. The zero-order valence-electron chi connectivity index (χ0n) is 80.2. The van der Waals surface area contributed by atoms with Crippen LogP contribution in [0, 0.1) is 17.8 Å². The largest absolute Gasteiger partial charge is 0.508 e. The predicted molar refractivity (Wildman–Crippen MR) is 514 cm³/mol. The van der Waals surface area contributed by atoms with Crippen molar-refractivity contribution in [1.82, 2.24) is 87.6 Å². The Morgan fingerprint density at radius 2 is 1.12 bits per heavy atom. The maximum Gasteiger partial charge on any atom is 0.246 e. The van der Waals surface area contributed by atoms with E-state index in [-0.39, 0.29) is 114 Å². The maximum atomic E-state index is 15.7. The molecule has 0 saturated carbocycles. The Morgan fingerprint density at radius 1 is 0.562 bits per heavy atom. The average Bonchev–Trinajstić information content (AvgIpc) is 1.71. The molecule has 16 N–H and O–H groups in total. The van der Waals surface area contributed by atoms with Crippen LogP contribution in [0.25, 0.3) is 21.8 Å².